The molecule has 1 aliphatic rings. The fourth-order valence-electron chi connectivity index (χ4n) is 8.66. The predicted molar refractivity (Wildman–Crippen MR) is 237 cm³/mol. The maximum Gasteiger partial charge on any atom is 0.164 e. The van der Waals surface area contributed by atoms with Gasteiger partial charge in [-0.2, -0.15) is 0 Å². The highest BCUT2D eigenvalue weighted by Crippen LogP contribution is 2.41. The Morgan fingerprint density at radius 2 is 1.02 bits per heavy atom. The molecule has 0 amide bonds. The summed E-state index contributed by atoms with van der Waals surface area (Å²) in [5, 5.41) is 9.38. The summed E-state index contributed by atoms with van der Waals surface area (Å²) in [6.45, 7) is 0. The molecule has 5 heteroatoms. The molecular weight excluding hydrogens is 709 g/mol. The molecule has 0 N–H and O–H groups in total. The zero-order valence-electron chi connectivity index (χ0n) is 31.2. The van der Waals surface area contributed by atoms with Gasteiger partial charge in [0.05, 0.1) is 5.69 Å². The van der Waals surface area contributed by atoms with Crippen LogP contribution in [0.5, 0.6) is 0 Å². The third-order valence-electron chi connectivity index (χ3n) is 11.5. The van der Waals surface area contributed by atoms with Crippen LogP contribution >= 0.6 is 0 Å². The van der Waals surface area contributed by atoms with Gasteiger partial charge in [-0.1, -0.05) is 158 Å². The molecule has 1 aliphatic carbocycles. The molecule has 58 heavy (non-hydrogen) atoms. The Kier molecular flexibility index (Phi) is 7.23. The molecule has 270 valence electrons. The first kappa shape index (κ1) is 32.5. The van der Waals surface area contributed by atoms with Crippen LogP contribution in [0.15, 0.2) is 180 Å². The predicted octanol–water partition coefficient (Wildman–Crippen LogP) is 13.5. The number of benzene rings is 8. The van der Waals surface area contributed by atoms with Gasteiger partial charge in [0.15, 0.2) is 23.1 Å². The summed E-state index contributed by atoms with van der Waals surface area (Å²) in [4.78, 5) is 20.6. The van der Waals surface area contributed by atoms with Crippen molar-refractivity contribution in [3.8, 4) is 56.5 Å². The molecule has 5 nitrogen and oxygen atoms in total. The third kappa shape index (κ3) is 5.25. The van der Waals surface area contributed by atoms with Crippen molar-refractivity contribution in [1.29, 1.82) is 0 Å². The summed E-state index contributed by atoms with van der Waals surface area (Å²) in [5.74, 6) is 1.84. The van der Waals surface area contributed by atoms with E-state index >= 15 is 0 Å². The minimum Gasteiger partial charge on any atom is -0.454 e. The van der Waals surface area contributed by atoms with Crippen molar-refractivity contribution in [2.24, 2.45) is 0 Å². The van der Waals surface area contributed by atoms with Crippen LogP contribution in [-0.2, 0) is 6.42 Å². The molecule has 0 aliphatic heterocycles. The second-order valence-corrected chi connectivity index (χ2v) is 14.9. The standard InChI is InChI=1S/C53H32N4O/c1-2-12-34(13-3-1)51-55-52(35-24-22-33(23-25-35)49-50-48(43-18-10-19-46(43)54-49)44-17-8-9-20-47(44)58-50)57-53(56-51)45-31-39(30-37-14-5-7-16-41(37)45)36-27-28-42-38(29-36)26-21-32-11-4-6-15-40(32)42/h1-18,20-31H,19H2. The number of hydrogen-bond acceptors (Lipinski definition) is 5. The SMILES string of the molecule is C1=Cc2c(nc(-c3ccc(-c4nc(-c5ccccc5)nc(-c5cc(-c6ccc7c(ccc8ccccc87)c6)cc6ccccc56)n4)cc3)c3oc4ccccc4c23)C1. The summed E-state index contributed by atoms with van der Waals surface area (Å²) in [5.41, 5.74) is 10.7. The Balaban J connectivity index is 1.01. The molecule has 3 aromatic heterocycles. The smallest absolute Gasteiger partial charge is 0.164 e. The molecule has 0 spiro atoms. The van der Waals surface area contributed by atoms with Gasteiger partial charge in [-0.3, -0.25) is 0 Å². The van der Waals surface area contributed by atoms with Gasteiger partial charge in [-0.25, -0.2) is 19.9 Å². The van der Waals surface area contributed by atoms with E-state index in [-0.39, 0.29) is 0 Å². The first-order valence-electron chi connectivity index (χ1n) is 19.6. The number of pyridine rings is 1. The van der Waals surface area contributed by atoms with E-state index in [1.807, 2.05) is 42.5 Å². The first-order valence-corrected chi connectivity index (χ1v) is 19.6. The fourth-order valence-corrected chi connectivity index (χ4v) is 8.66. The highest BCUT2D eigenvalue weighted by Gasteiger charge is 2.22. The highest BCUT2D eigenvalue weighted by atomic mass is 16.3. The molecule has 0 radical (unpaired) electrons. The number of rotatable bonds is 5. The number of nitrogens with zero attached hydrogens (tertiary/aromatic N) is 4. The summed E-state index contributed by atoms with van der Waals surface area (Å²) in [7, 11) is 0. The Hall–Kier alpha value is -7.76. The van der Waals surface area contributed by atoms with Crippen molar-refractivity contribution in [3.05, 3.63) is 187 Å². The lowest BCUT2D eigenvalue weighted by Gasteiger charge is -2.13. The van der Waals surface area contributed by atoms with Crippen molar-refractivity contribution in [3.63, 3.8) is 0 Å². The molecule has 0 bridgehead atoms. The molecule has 8 aromatic carbocycles. The van der Waals surface area contributed by atoms with E-state index < -0.39 is 0 Å². The van der Waals surface area contributed by atoms with Crippen LogP contribution in [0.4, 0.5) is 0 Å². The van der Waals surface area contributed by atoms with Crippen molar-refractivity contribution in [1.82, 2.24) is 19.9 Å². The maximum atomic E-state index is 6.49. The maximum absolute atomic E-state index is 6.49. The Morgan fingerprint density at radius 3 is 1.86 bits per heavy atom. The normalized spacial score (nSPS) is 12.3. The molecule has 0 saturated heterocycles. The minimum atomic E-state index is 0.600. The van der Waals surface area contributed by atoms with Crippen molar-refractivity contribution in [2.75, 3.05) is 0 Å². The molecule has 0 saturated carbocycles. The second kappa shape index (κ2) is 12.9. The molecule has 11 aromatic rings. The lowest BCUT2D eigenvalue weighted by molar-refractivity contribution is 0.668. The van der Waals surface area contributed by atoms with Gasteiger partial charge in [0, 0.05) is 45.0 Å². The number of aromatic nitrogens is 4. The van der Waals surface area contributed by atoms with Gasteiger partial charge in [-0.15, -0.1) is 0 Å². The van der Waals surface area contributed by atoms with E-state index in [1.165, 1.54) is 21.5 Å². The summed E-state index contributed by atoms with van der Waals surface area (Å²) >= 11 is 0. The van der Waals surface area contributed by atoms with Gasteiger partial charge in [-0.05, 0) is 67.7 Å². The largest absolute Gasteiger partial charge is 0.454 e. The lowest BCUT2D eigenvalue weighted by Crippen LogP contribution is -2.01. The van der Waals surface area contributed by atoms with E-state index in [4.69, 9.17) is 24.4 Å². The van der Waals surface area contributed by atoms with Crippen LogP contribution in [-0.4, -0.2) is 19.9 Å². The molecule has 0 atom stereocenters. The zero-order valence-corrected chi connectivity index (χ0v) is 31.2. The fraction of sp³-hybridized carbons (Fsp3) is 0.0189. The van der Waals surface area contributed by atoms with Crippen LogP contribution < -0.4 is 0 Å². The van der Waals surface area contributed by atoms with Crippen molar-refractivity contribution >= 4 is 60.3 Å². The summed E-state index contributed by atoms with van der Waals surface area (Å²) < 4.78 is 6.49. The van der Waals surface area contributed by atoms with Crippen molar-refractivity contribution in [2.45, 2.75) is 6.42 Å². The zero-order chi connectivity index (χ0) is 38.2. The third-order valence-corrected chi connectivity index (χ3v) is 11.5. The van der Waals surface area contributed by atoms with Crippen molar-refractivity contribution < 1.29 is 4.42 Å². The van der Waals surface area contributed by atoms with Crippen LogP contribution in [0.3, 0.4) is 0 Å². The summed E-state index contributed by atoms with van der Waals surface area (Å²) in [6, 6.07) is 59.5. The average molecular weight is 741 g/mol. The van der Waals surface area contributed by atoms with Gasteiger partial charge < -0.3 is 4.42 Å². The average Bonchev–Trinajstić information content (AvgIpc) is 3.93. The van der Waals surface area contributed by atoms with Gasteiger partial charge >= 0.3 is 0 Å². The molecule has 12 rings (SSSR count). The summed E-state index contributed by atoms with van der Waals surface area (Å²) in [6.07, 6.45) is 5.15. The van der Waals surface area contributed by atoms with E-state index in [0.29, 0.717) is 17.5 Å². The number of allylic oxidation sites excluding steroid dienone is 1. The van der Waals surface area contributed by atoms with E-state index in [1.54, 1.807) is 0 Å². The molecular formula is C53H32N4O. The number of fused-ring (bicyclic) bond motifs is 9. The number of para-hydroxylation sites is 1. The molecule has 3 heterocycles. The minimum absolute atomic E-state index is 0.600. The van der Waals surface area contributed by atoms with E-state index in [0.717, 1.165) is 89.5 Å². The quantitative estimate of drug-likeness (QED) is 0.164. The second-order valence-electron chi connectivity index (χ2n) is 14.9. The lowest BCUT2D eigenvalue weighted by atomic mass is 9.94. The van der Waals surface area contributed by atoms with Gasteiger partial charge in [0.25, 0.3) is 0 Å². The molecule has 0 unspecified atom stereocenters. The molecule has 0 fully saturated rings. The van der Waals surface area contributed by atoms with Gasteiger partial charge in [0.1, 0.15) is 11.3 Å². The van der Waals surface area contributed by atoms with E-state index in [2.05, 4.69) is 140 Å². The van der Waals surface area contributed by atoms with Crippen LogP contribution in [0.2, 0.25) is 0 Å². The van der Waals surface area contributed by atoms with Gasteiger partial charge in [0.2, 0.25) is 0 Å². The topological polar surface area (TPSA) is 64.7 Å². The Bertz CT molecular complexity index is 3480. The monoisotopic (exact) mass is 740 g/mol. The Labute approximate surface area is 333 Å². The van der Waals surface area contributed by atoms with Crippen LogP contribution in [0, 0.1) is 0 Å². The van der Waals surface area contributed by atoms with Crippen LogP contribution in [0.25, 0.3) is 117 Å². The first-order chi connectivity index (χ1) is 28.7. The highest BCUT2D eigenvalue weighted by molar-refractivity contribution is 6.13. The van der Waals surface area contributed by atoms with Crippen LogP contribution in [0.1, 0.15) is 11.3 Å². The number of furan rings is 1. The van der Waals surface area contributed by atoms with E-state index in [9.17, 15) is 0 Å². The number of hydrogen-bond donors (Lipinski definition) is 0. The Morgan fingerprint density at radius 1 is 0.414 bits per heavy atom.